The number of rotatable bonds is 7. The number of hydrogen-bond donors (Lipinski definition) is 2. The summed E-state index contributed by atoms with van der Waals surface area (Å²) in [5.74, 6) is 0.426. The van der Waals surface area contributed by atoms with Gasteiger partial charge in [-0.05, 0) is 42.8 Å². The molecule has 5 nitrogen and oxygen atoms in total. The van der Waals surface area contributed by atoms with E-state index < -0.39 is 11.9 Å². The van der Waals surface area contributed by atoms with Crippen molar-refractivity contribution in [2.24, 2.45) is 5.73 Å². The van der Waals surface area contributed by atoms with Crippen molar-refractivity contribution in [1.82, 2.24) is 5.32 Å². The van der Waals surface area contributed by atoms with E-state index in [2.05, 4.69) is 5.32 Å². The van der Waals surface area contributed by atoms with E-state index in [1.54, 1.807) is 26.4 Å². The molecule has 0 bridgehead atoms. The molecule has 0 aliphatic rings. The zero-order valence-corrected chi connectivity index (χ0v) is 13.9. The van der Waals surface area contributed by atoms with Crippen LogP contribution in [0.5, 0.6) is 11.5 Å². The summed E-state index contributed by atoms with van der Waals surface area (Å²) in [6.07, 6.45) is 0. The number of ether oxygens (including phenoxy) is 2. The lowest BCUT2D eigenvalue weighted by Crippen LogP contribution is -2.35. The molecule has 1 amide bonds. The summed E-state index contributed by atoms with van der Waals surface area (Å²) in [5.41, 5.74) is 6.93. The van der Waals surface area contributed by atoms with Gasteiger partial charge < -0.3 is 15.2 Å². The van der Waals surface area contributed by atoms with Gasteiger partial charge in [-0.2, -0.15) is 0 Å². The van der Waals surface area contributed by atoms with Gasteiger partial charge in [0.2, 0.25) is 5.91 Å². The van der Waals surface area contributed by atoms with E-state index in [1.807, 2.05) is 13.0 Å². The molecule has 0 fully saturated rings. The fourth-order valence-electron chi connectivity index (χ4n) is 2.52. The molecular formula is C18H21FN2O3. The quantitative estimate of drug-likeness (QED) is 0.818. The first-order valence-corrected chi connectivity index (χ1v) is 7.49. The SMILES string of the molecule is COc1ccc(OC)c(C(C)NC(C(N)=O)c2ccc(F)cc2)c1. The Morgan fingerprint density at radius 3 is 2.33 bits per heavy atom. The molecule has 2 unspecified atom stereocenters. The van der Waals surface area contributed by atoms with Gasteiger partial charge in [0.05, 0.1) is 14.2 Å². The average Bonchev–Trinajstić information content (AvgIpc) is 2.59. The number of methoxy groups -OCH3 is 2. The van der Waals surface area contributed by atoms with Crippen molar-refractivity contribution in [3.8, 4) is 11.5 Å². The van der Waals surface area contributed by atoms with Crippen LogP contribution < -0.4 is 20.5 Å². The number of nitrogens with two attached hydrogens (primary N) is 1. The zero-order chi connectivity index (χ0) is 17.7. The average molecular weight is 332 g/mol. The van der Waals surface area contributed by atoms with Crippen LogP contribution in [0.2, 0.25) is 0 Å². The maximum Gasteiger partial charge on any atom is 0.239 e. The molecular weight excluding hydrogens is 311 g/mol. The lowest BCUT2D eigenvalue weighted by Gasteiger charge is -2.23. The van der Waals surface area contributed by atoms with Crippen LogP contribution in [-0.4, -0.2) is 20.1 Å². The highest BCUT2D eigenvalue weighted by atomic mass is 19.1. The maximum absolute atomic E-state index is 13.1. The van der Waals surface area contributed by atoms with Crippen LogP contribution in [0.25, 0.3) is 0 Å². The van der Waals surface area contributed by atoms with Crippen LogP contribution >= 0.6 is 0 Å². The molecule has 0 aliphatic carbocycles. The minimum absolute atomic E-state index is 0.252. The van der Waals surface area contributed by atoms with Crippen molar-refractivity contribution < 1.29 is 18.7 Å². The van der Waals surface area contributed by atoms with Crippen LogP contribution in [-0.2, 0) is 4.79 Å². The first kappa shape index (κ1) is 17.7. The molecule has 3 N–H and O–H groups in total. The highest BCUT2D eigenvalue weighted by Gasteiger charge is 2.22. The Morgan fingerprint density at radius 1 is 1.12 bits per heavy atom. The lowest BCUT2D eigenvalue weighted by atomic mass is 10.0. The predicted molar refractivity (Wildman–Crippen MR) is 89.4 cm³/mol. The van der Waals surface area contributed by atoms with E-state index in [-0.39, 0.29) is 11.9 Å². The molecule has 0 saturated heterocycles. The van der Waals surface area contributed by atoms with E-state index in [0.717, 1.165) is 5.56 Å². The molecule has 128 valence electrons. The summed E-state index contributed by atoms with van der Waals surface area (Å²) in [6.45, 7) is 1.89. The van der Waals surface area contributed by atoms with E-state index in [0.29, 0.717) is 17.1 Å². The fraction of sp³-hybridized carbons (Fsp3) is 0.278. The maximum atomic E-state index is 13.1. The Labute approximate surface area is 140 Å². The Balaban J connectivity index is 2.29. The van der Waals surface area contributed by atoms with Gasteiger partial charge in [-0.1, -0.05) is 12.1 Å². The van der Waals surface area contributed by atoms with Gasteiger partial charge in [0.25, 0.3) is 0 Å². The number of primary amides is 1. The molecule has 2 aromatic rings. The first-order valence-electron chi connectivity index (χ1n) is 7.49. The molecule has 0 spiro atoms. The van der Waals surface area contributed by atoms with Crippen LogP contribution in [0.15, 0.2) is 42.5 Å². The van der Waals surface area contributed by atoms with E-state index in [1.165, 1.54) is 24.3 Å². The van der Waals surface area contributed by atoms with Crippen LogP contribution in [0.3, 0.4) is 0 Å². The van der Waals surface area contributed by atoms with Crippen molar-refractivity contribution in [1.29, 1.82) is 0 Å². The summed E-state index contributed by atoms with van der Waals surface area (Å²) in [5, 5.41) is 3.16. The second-order valence-corrected chi connectivity index (χ2v) is 5.38. The second-order valence-electron chi connectivity index (χ2n) is 5.38. The van der Waals surface area contributed by atoms with E-state index in [9.17, 15) is 9.18 Å². The highest BCUT2D eigenvalue weighted by Crippen LogP contribution is 2.30. The smallest absolute Gasteiger partial charge is 0.239 e. The number of halogens is 1. The monoisotopic (exact) mass is 332 g/mol. The molecule has 0 heterocycles. The van der Waals surface area contributed by atoms with Gasteiger partial charge in [-0.25, -0.2) is 4.39 Å². The Morgan fingerprint density at radius 2 is 1.79 bits per heavy atom. The Bertz CT molecular complexity index is 704. The van der Waals surface area contributed by atoms with Crippen molar-refractivity contribution in [3.05, 3.63) is 59.4 Å². The zero-order valence-electron chi connectivity index (χ0n) is 13.9. The number of nitrogens with one attached hydrogen (secondary N) is 1. The number of carbonyl (C=O) groups excluding carboxylic acids is 1. The van der Waals surface area contributed by atoms with Gasteiger partial charge in [-0.15, -0.1) is 0 Å². The topological polar surface area (TPSA) is 73.6 Å². The van der Waals surface area contributed by atoms with Crippen LogP contribution in [0.1, 0.15) is 30.1 Å². The number of amides is 1. The lowest BCUT2D eigenvalue weighted by molar-refractivity contribution is -0.120. The molecule has 2 aromatic carbocycles. The second kappa shape index (κ2) is 7.79. The molecule has 2 rings (SSSR count). The van der Waals surface area contributed by atoms with Crippen molar-refractivity contribution >= 4 is 5.91 Å². The molecule has 0 saturated carbocycles. The summed E-state index contributed by atoms with van der Waals surface area (Å²) in [4.78, 5) is 11.8. The largest absolute Gasteiger partial charge is 0.497 e. The molecule has 24 heavy (non-hydrogen) atoms. The standard InChI is InChI=1S/C18H21FN2O3/c1-11(15-10-14(23-2)8-9-16(15)24-3)21-17(18(20)22)12-4-6-13(19)7-5-12/h4-11,17,21H,1-3H3,(H2,20,22). The van der Waals surface area contributed by atoms with Gasteiger partial charge in [0.15, 0.2) is 0 Å². The summed E-state index contributed by atoms with van der Waals surface area (Å²) in [7, 11) is 3.15. The third kappa shape index (κ3) is 4.02. The van der Waals surface area contributed by atoms with Gasteiger partial charge in [0, 0.05) is 11.6 Å². The Kier molecular flexibility index (Phi) is 5.76. The fourth-order valence-corrected chi connectivity index (χ4v) is 2.52. The van der Waals surface area contributed by atoms with Crippen molar-refractivity contribution in [3.63, 3.8) is 0 Å². The van der Waals surface area contributed by atoms with Gasteiger partial charge in [-0.3, -0.25) is 10.1 Å². The predicted octanol–water partition coefficient (Wildman–Crippen LogP) is 2.72. The third-order valence-corrected chi connectivity index (χ3v) is 3.81. The van der Waals surface area contributed by atoms with Gasteiger partial charge >= 0.3 is 0 Å². The Hall–Kier alpha value is -2.60. The number of carbonyl (C=O) groups is 1. The van der Waals surface area contributed by atoms with E-state index >= 15 is 0 Å². The normalized spacial score (nSPS) is 13.2. The minimum atomic E-state index is -0.753. The molecule has 0 aromatic heterocycles. The minimum Gasteiger partial charge on any atom is -0.497 e. The first-order chi connectivity index (χ1) is 11.5. The van der Waals surface area contributed by atoms with Crippen LogP contribution in [0, 0.1) is 5.82 Å². The van der Waals surface area contributed by atoms with E-state index in [4.69, 9.17) is 15.2 Å². The molecule has 0 radical (unpaired) electrons. The van der Waals surface area contributed by atoms with Crippen LogP contribution in [0.4, 0.5) is 4.39 Å². The number of benzene rings is 2. The van der Waals surface area contributed by atoms with Crippen molar-refractivity contribution in [2.75, 3.05) is 14.2 Å². The summed E-state index contributed by atoms with van der Waals surface area (Å²) in [6, 6.07) is 10.1. The van der Waals surface area contributed by atoms with Crippen molar-refractivity contribution in [2.45, 2.75) is 19.0 Å². The molecule has 2 atom stereocenters. The summed E-state index contributed by atoms with van der Waals surface area (Å²) >= 11 is 0. The number of hydrogen-bond acceptors (Lipinski definition) is 4. The van der Waals surface area contributed by atoms with Gasteiger partial charge in [0.1, 0.15) is 23.4 Å². The summed E-state index contributed by atoms with van der Waals surface area (Å²) < 4.78 is 23.7. The molecule has 6 heteroatoms. The third-order valence-electron chi connectivity index (χ3n) is 3.81. The molecule has 0 aliphatic heterocycles. The highest BCUT2D eigenvalue weighted by molar-refractivity contribution is 5.81.